The molecule has 298 valence electrons. The summed E-state index contributed by atoms with van der Waals surface area (Å²) in [6.45, 7) is 0. The second kappa shape index (κ2) is 16.0. The van der Waals surface area contributed by atoms with Crippen LogP contribution < -0.4 is 30.4 Å². The smallest absolute Gasteiger partial charge is 0.657 e. The number of hydrogen-bond donors (Lipinski definition) is 0. The number of hydrogen-bond acceptors (Lipinski definition) is 10. The summed E-state index contributed by atoms with van der Waals surface area (Å²) in [7, 11) is 0. The number of carbonyl (C=O) groups excluding carboxylic acids is 4. The zero-order valence-corrected chi connectivity index (χ0v) is 32.8. The van der Waals surface area contributed by atoms with Gasteiger partial charge in [0.2, 0.25) is 0 Å². The molecule has 0 N–H and O–H groups in total. The molecular formula is C48H24N4O8Pd-4. The molecule has 0 spiro atoms. The Kier molecular flexibility index (Phi) is 10.4. The van der Waals surface area contributed by atoms with Gasteiger partial charge < -0.3 is 49.6 Å². The Bertz CT molecular complexity index is 2760. The van der Waals surface area contributed by atoms with E-state index in [-0.39, 0.29) is 42.7 Å². The molecule has 5 heterocycles. The molecule has 0 unspecified atom stereocenters. The number of fused-ring (bicyclic) bond motifs is 8. The number of carboxylic acid groups (broad SMARTS) is 4. The van der Waals surface area contributed by atoms with E-state index in [1.165, 1.54) is 48.5 Å². The summed E-state index contributed by atoms with van der Waals surface area (Å²) in [6, 6.07) is 31.8. The fraction of sp³-hybridized carbons (Fsp3) is 0. The molecule has 4 aromatic carbocycles. The number of carbonyl (C=O) groups is 4. The van der Waals surface area contributed by atoms with Gasteiger partial charge in [-0.1, -0.05) is 121 Å². The predicted molar refractivity (Wildman–Crippen MR) is 216 cm³/mol. The standard InChI is InChI=1S/C48H30N4O8.Pd/c53-45(54)29-9-1-25(2-10-29)41-33-17-19-35(49-33)42(26-3-11-30(12-4-26)46(55)56)37-21-23-39(51-37)44(28-7-15-32(16-8-28)48(59)60)40-24-22-38(52-40)43(36-20-18-34(41)50-36)27-5-13-31(14-6-27)47(57)58;/h1-24H,(H6,49,50,51,52,53,54,55,56,57,58,59,60);/q;+2/p-6. The molecule has 61 heavy (non-hydrogen) atoms. The van der Waals surface area contributed by atoms with E-state index in [2.05, 4.69) is 0 Å². The van der Waals surface area contributed by atoms with Crippen LogP contribution in [0.2, 0.25) is 0 Å². The quantitative estimate of drug-likeness (QED) is 0.198. The molecular weight excluding hydrogens is 867 g/mol. The summed E-state index contributed by atoms with van der Waals surface area (Å²) in [4.78, 5) is 67.2. The number of carboxylic acids is 4. The Morgan fingerprint density at radius 1 is 0.328 bits per heavy atom. The summed E-state index contributed by atoms with van der Waals surface area (Å²) < 4.78 is 0. The van der Waals surface area contributed by atoms with Crippen molar-refractivity contribution in [1.82, 2.24) is 19.9 Å². The minimum absolute atomic E-state index is 0. The minimum Gasteiger partial charge on any atom is -0.657 e. The number of benzene rings is 4. The molecule has 3 aromatic heterocycles. The molecule has 9 rings (SSSR count). The van der Waals surface area contributed by atoms with Crippen LogP contribution in [0.3, 0.4) is 0 Å². The zero-order chi connectivity index (χ0) is 41.7. The van der Waals surface area contributed by atoms with E-state index in [0.29, 0.717) is 89.4 Å². The number of rotatable bonds is 8. The van der Waals surface area contributed by atoms with Crippen LogP contribution in [0, 0.1) is 0 Å². The van der Waals surface area contributed by atoms with Crippen LogP contribution in [-0.4, -0.2) is 33.8 Å². The molecule has 0 radical (unpaired) electrons. The van der Waals surface area contributed by atoms with Crippen LogP contribution in [0.25, 0.3) is 90.9 Å². The molecule has 2 aliphatic heterocycles. The van der Waals surface area contributed by atoms with Crippen molar-refractivity contribution in [2.45, 2.75) is 0 Å². The summed E-state index contributed by atoms with van der Waals surface area (Å²) in [5.74, 6) is -5.34. The van der Waals surface area contributed by atoms with Crippen LogP contribution in [0.5, 0.6) is 0 Å². The molecule has 8 bridgehead atoms. The van der Waals surface area contributed by atoms with Crippen molar-refractivity contribution in [3.05, 3.63) is 166 Å². The van der Waals surface area contributed by atoms with Crippen LogP contribution in [0.4, 0.5) is 0 Å². The molecule has 0 saturated heterocycles. The van der Waals surface area contributed by atoms with Crippen molar-refractivity contribution in [2.75, 3.05) is 0 Å². The molecule has 0 saturated carbocycles. The van der Waals surface area contributed by atoms with Gasteiger partial charge in [0.25, 0.3) is 0 Å². The molecule has 7 aromatic rings. The van der Waals surface area contributed by atoms with Crippen LogP contribution in [0.15, 0.2) is 121 Å². The Hall–Kier alpha value is -7.98. The number of nitrogens with zero attached hydrogens (tertiary/aromatic N) is 4. The fourth-order valence-corrected chi connectivity index (χ4v) is 7.36. The maximum absolute atomic E-state index is 11.7. The molecule has 0 aliphatic carbocycles. The van der Waals surface area contributed by atoms with Crippen molar-refractivity contribution < 1.29 is 60.0 Å². The van der Waals surface area contributed by atoms with Crippen molar-refractivity contribution in [3.63, 3.8) is 0 Å². The second-order valence-corrected chi connectivity index (χ2v) is 13.8. The normalized spacial score (nSPS) is 11.5. The first kappa shape index (κ1) is 39.8. The Morgan fingerprint density at radius 2 is 0.525 bits per heavy atom. The summed E-state index contributed by atoms with van der Waals surface area (Å²) in [5.41, 5.74) is 8.39. The first-order valence-electron chi connectivity index (χ1n) is 18.4. The van der Waals surface area contributed by atoms with Crippen LogP contribution in [-0.2, 0) is 20.4 Å². The minimum atomic E-state index is -1.34. The molecule has 0 fully saturated rings. The van der Waals surface area contributed by atoms with Crippen molar-refractivity contribution in [1.29, 1.82) is 0 Å². The maximum atomic E-state index is 11.7. The van der Waals surface area contributed by atoms with E-state index in [4.69, 9.17) is 19.9 Å². The molecule has 0 amide bonds. The van der Waals surface area contributed by atoms with Crippen molar-refractivity contribution in [2.24, 2.45) is 0 Å². The maximum Gasteiger partial charge on any atom is 2.00 e. The van der Waals surface area contributed by atoms with Crippen LogP contribution in [0.1, 0.15) is 64.2 Å². The van der Waals surface area contributed by atoms with E-state index >= 15 is 0 Å². The van der Waals surface area contributed by atoms with Crippen LogP contribution >= 0.6 is 0 Å². The van der Waals surface area contributed by atoms with E-state index in [1.54, 1.807) is 97.1 Å². The van der Waals surface area contributed by atoms with Gasteiger partial charge in [-0.25, -0.2) is 9.97 Å². The molecule has 2 aliphatic rings. The van der Waals surface area contributed by atoms with E-state index in [0.717, 1.165) is 0 Å². The van der Waals surface area contributed by atoms with E-state index in [1.807, 2.05) is 0 Å². The topological polar surface area (TPSA) is 214 Å². The van der Waals surface area contributed by atoms with Gasteiger partial charge >= 0.3 is 20.4 Å². The zero-order valence-electron chi connectivity index (χ0n) is 31.2. The van der Waals surface area contributed by atoms with Gasteiger partial charge in [-0.2, -0.15) is 0 Å². The average molecular weight is 891 g/mol. The number of aromatic carboxylic acids is 4. The SMILES string of the molecule is O=C([O-])c1ccc(-c2c3nc(c(-c4ccc(C(=O)[O-])cc4)c4ccc([n-]4)c(-c4ccc(C(=O)[O-])cc4)c4nc(c(-c5ccc(C(=O)[O-])cc5)c5ccc2[n-]5)C=C4)C=C3)cc1.[Pd+2]. The molecule has 12 nitrogen and oxygen atoms in total. The van der Waals surface area contributed by atoms with Gasteiger partial charge in [0.1, 0.15) is 0 Å². The fourth-order valence-electron chi connectivity index (χ4n) is 7.36. The van der Waals surface area contributed by atoms with E-state index in [9.17, 15) is 39.6 Å². The van der Waals surface area contributed by atoms with Crippen molar-refractivity contribution in [3.8, 4) is 44.5 Å². The van der Waals surface area contributed by atoms with Gasteiger partial charge in [-0.05, 0) is 91.1 Å². The van der Waals surface area contributed by atoms with Crippen molar-refractivity contribution >= 4 is 70.2 Å². The number of aromatic nitrogens is 4. The largest absolute Gasteiger partial charge is 2.00 e. The first-order chi connectivity index (χ1) is 29.0. The predicted octanol–water partition coefficient (Wildman–Crippen LogP) is 4.03. The Morgan fingerprint density at radius 3 is 0.705 bits per heavy atom. The Labute approximate surface area is 359 Å². The van der Waals surface area contributed by atoms with Gasteiger partial charge in [0.05, 0.1) is 46.7 Å². The van der Waals surface area contributed by atoms with Gasteiger partial charge in [0.15, 0.2) is 0 Å². The third-order valence-electron chi connectivity index (χ3n) is 10.2. The Balaban J connectivity index is 0.00000514. The van der Waals surface area contributed by atoms with Gasteiger partial charge in [-0.15, -0.1) is 22.1 Å². The third kappa shape index (κ3) is 7.47. The summed E-state index contributed by atoms with van der Waals surface area (Å²) in [5, 5.41) is 46.8. The summed E-state index contributed by atoms with van der Waals surface area (Å²) in [6.07, 6.45) is 7.20. The first-order valence-corrected chi connectivity index (χ1v) is 18.4. The molecule has 0 atom stereocenters. The van der Waals surface area contributed by atoms with Gasteiger partial charge in [-0.3, -0.25) is 0 Å². The summed E-state index contributed by atoms with van der Waals surface area (Å²) >= 11 is 0. The average Bonchev–Trinajstić information content (AvgIpc) is 4.10. The third-order valence-corrected chi connectivity index (χ3v) is 10.2. The monoisotopic (exact) mass is 890 g/mol. The second-order valence-electron chi connectivity index (χ2n) is 13.8. The molecule has 13 heteroatoms. The van der Waals surface area contributed by atoms with Gasteiger partial charge in [0, 0.05) is 0 Å². The van der Waals surface area contributed by atoms with E-state index < -0.39 is 23.9 Å².